The summed E-state index contributed by atoms with van der Waals surface area (Å²) in [6.45, 7) is 7.85. The normalized spacial score (nSPS) is 20.1. The molecule has 0 N–H and O–H groups in total. The number of aromatic nitrogens is 3. The van der Waals surface area contributed by atoms with Crippen LogP contribution in [0.25, 0.3) is 0 Å². The summed E-state index contributed by atoms with van der Waals surface area (Å²) in [6.07, 6.45) is 3.53. The zero-order chi connectivity index (χ0) is 26.8. The van der Waals surface area contributed by atoms with Gasteiger partial charge in [0.2, 0.25) is 0 Å². The molecule has 5 rings (SSSR count). The van der Waals surface area contributed by atoms with Crippen LogP contribution in [0.2, 0.25) is 5.04 Å². The predicted octanol–water partition coefficient (Wildman–Crippen LogP) is 5.06. The van der Waals surface area contributed by atoms with Crippen molar-refractivity contribution in [1.29, 1.82) is 0 Å². The Morgan fingerprint density at radius 2 is 1.66 bits per heavy atom. The van der Waals surface area contributed by atoms with Gasteiger partial charge in [-0.15, -0.1) is 0 Å². The molecule has 0 saturated carbocycles. The van der Waals surface area contributed by atoms with Crippen LogP contribution in [0.15, 0.2) is 91.5 Å². The number of benzene rings is 3. The second-order valence-electron chi connectivity index (χ2n) is 11.1. The summed E-state index contributed by atoms with van der Waals surface area (Å²) in [5, 5.41) is 6.48. The first kappa shape index (κ1) is 26.4. The Labute approximate surface area is 223 Å². The second-order valence-corrected chi connectivity index (χ2v) is 15.4. The molecule has 38 heavy (non-hydrogen) atoms. The summed E-state index contributed by atoms with van der Waals surface area (Å²) in [5.74, 6) is -1.24. The van der Waals surface area contributed by atoms with Gasteiger partial charge in [-0.25, -0.2) is 18.4 Å². The summed E-state index contributed by atoms with van der Waals surface area (Å²) in [4.78, 5) is 4.03. The van der Waals surface area contributed by atoms with E-state index in [1.807, 2.05) is 12.1 Å². The Morgan fingerprint density at radius 1 is 1.00 bits per heavy atom. The zero-order valence-corrected chi connectivity index (χ0v) is 23.0. The van der Waals surface area contributed by atoms with Gasteiger partial charge >= 0.3 is 0 Å². The zero-order valence-electron chi connectivity index (χ0n) is 22.0. The molecule has 5 nitrogen and oxygen atoms in total. The van der Waals surface area contributed by atoms with Crippen molar-refractivity contribution >= 4 is 18.7 Å². The Balaban J connectivity index is 1.48. The predicted molar refractivity (Wildman–Crippen MR) is 146 cm³/mol. The molecular weight excluding hydrogens is 500 g/mol. The van der Waals surface area contributed by atoms with Crippen LogP contribution in [0.3, 0.4) is 0 Å². The van der Waals surface area contributed by atoms with Crippen LogP contribution in [-0.2, 0) is 21.3 Å². The highest BCUT2D eigenvalue weighted by molar-refractivity contribution is 6.99. The summed E-state index contributed by atoms with van der Waals surface area (Å²) < 4.78 is 44.0. The molecule has 1 aromatic heterocycles. The highest BCUT2D eigenvalue weighted by Crippen LogP contribution is 2.43. The van der Waals surface area contributed by atoms with Gasteiger partial charge in [0, 0.05) is 24.2 Å². The summed E-state index contributed by atoms with van der Waals surface area (Å²) >= 11 is 0. The third kappa shape index (κ3) is 4.96. The second kappa shape index (κ2) is 10.5. The Hall–Kier alpha value is -3.20. The molecule has 1 saturated heterocycles. The smallest absolute Gasteiger partial charge is 0.261 e. The van der Waals surface area contributed by atoms with Crippen LogP contribution in [0.5, 0.6) is 0 Å². The molecule has 1 aliphatic rings. The van der Waals surface area contributed by atoms with Crippen molar-refractivity contribution in [2.24, 2.45) is 5.92 Å². The third-order valence-electron chi connectivity index (χ3n) is 7.47. The lowest BCUT2D eigenvalue weighted by atomic mass is 9.87. The lowest BCUT2D eigenvalue weighted by molar-refractivity contribution is -0.0207. The number of rotatable bonds is 8. The van der Waals surface area contributed by atoms with E-state index in [0.717, 1.165) is 6.07 Å². The molecule has 2 atom stereocenters. The van der Waals surface area contributed by atoms with E-state index in [4.69, 9.17) is 9.16 Å². The maximum Gasteiger partial charge on any atom is 0.261 e. The third-order valence-corrected chi connectivity index (χ3v) is 12.5. The molecular formula is C30H33F2N3O2Si. The molecule has 0 amide bonds. The summed E-state index contributed by atoms with van der Waals surface area (Å²) in [5.41, 5.74) is -0.687. The van der Waals surface area contributed by atoms with Crippen molar-refractivity contribution in [3.05, 3.63) is 109 Å². The SMILES string of the molecule is CC(C)(C)[Si](OC[C@@H]1CO[C@@](Cn2cncn2)(c2ccc(F)cc2F)C1)(c1ccccc1)c1ccccc1. The first-order valence-electron chi connectivity index (χ1n) is 12.9. The summed E-state index contributed by atoms with van der Waals surface area (Å²) in [7, 11) is -2.73. The lowest BCUT2D eigenvalue weighted by Crippen LogP contribution is -2.66. The number of ether oxygens (including phenoxy) is 1. The van der Waals surface area contributed by atoms with Crippen molar-refractivity contribution in [3.63, 3.8) is 0 Å². The summed E-state index contributed by atoms with van der Waals surface area (Å²) in [6, 6.07) is 24.6. The van der Waals surface area contributed by atoms with Gasteiger partial charge in [0.1, 0.15) is 29.9 Å². The fourth-order valence-corrected chi connectivity index (χ4v) is 10.4. The van der Waals surface area contributed by atoms with Gasteiger partial charge in [-0.1, -0.05) is 87.5 Å². The Kier molecular flexibility index (Phi) is 7.31. The maximum atomic E-state index is 15.1. The first-order chi connectivity index (χ1) is 18.2. The van der Waals surface area contributed by atoms with Crippen LogP contribution in [0, 0.1) is 17.6 Å². The van der Waals surface area contributed by atoms with E-state index < -0.39 is 25.6 Å². The van der Waals surface area contributed by atoms with Crippen LogP contribution >= 0.6 is 0 Å². The van der Waals surface area contributed by atoms with Crippen LogP contribution in [0.4, 0.5) is 8.78 Å². The van der Waals surface area contributed by atoms with Gasteiger partial charge < -0.3 is 9.16 Å². The minimum Gasteiger partial charge on any atom is -0.407 e. The molecule has 1 fully saturated rings. The van der Waals surface area contributed by atoms with Gasteiger partial charge in [-0.3, -0.25) is 0 Å². The van der Waals surface area contributed by atoms with Crippen LogP contribution in [-0.4, -0.2) is 36.3 Å². The number of nitrogens with zero attached hydrogens (tertiary/aromatic N) is 3. The quantitative estimate of drug-likeness (QED) is 0.297. The lowest BCUT2D eigenvalue weighted by Gasteiger charge is -2.43. The number of hydrogen-bond acceptors (Lipinski definition) is 4. The monoisotopic (exact) mass is 533 g/mol. The van der Waals surface area contributed by atoms with Gasteiger partial charge in [0.25, 0.3) is 8.32 Å². The van der Waals surface area contributed by atoms with Crippen LogP contribution in [0.1, 0.15) is 32.8 Å². The van der Waals surface area contributed by atoms with E-state index >= 15 is 4.39 Å². The van der Waals surface area contributed by atoms with E-state index in [2.05, 4.69) is 79.4 Å². The maximum absolute atomic E-state index is 15.1. The van der Waals surface area contributed by atoms with Crippen molar-refractivity contribution in [1.82, 2.24) is 14.8 Å². The van der Waals surface area contributed by atoms with E-state index in [1.165, 1.54) is 28.8 Å². The molecule has 1 aliphatic heterocycles. The highest BCUT2D eigenvalue weighted by atomic mass is 28.4. The van der Waals surface area contributed by atoms with E-state index in [1.54, 1.807) is 11.0 Å². The molecule has 0 unspecified atom stereocenters. The topological polar surface area (TPSA) is 49.2 Å². The fraction of sp³-hybridized carbons (Fsp3) is 0.333. The van der Waals surface area contributed by atoms with Gasteiger partial charge in [-0.05, 0) is 27.9 Å². The van der Waals surface area contributed by atoms with Gasteiger partial charge in [0.15, 0.2) is 0 Å². The molecule has 0 aliphatic carbocycles. The standard InChI is InChI=1S/C30H33F2N3O2Si/c1-29(2,3)38(25-10-6-4-7-11-25,26-12-8-5-9-13-26)37-19-23-17-30(36-18-23,20-35-22-33-21-34-35)27-15-14-24(31)16-28(27)32/h4-16,21-23H,17-20H2,1-3H3/t23-,30-/m0/s1. The largest absolute Gasteiger partial charge is 0.407 e. The number of halogens is 2. The average Bonchev–Trinajstić information content (AvgIpc) is 3.56. The van der Waals surface area contributed by atoms with Gasteiger partial charge in [0.05, 0.1) is 13.2 Å². The number of hydrogen-bond donors (Lipinski definition) is 0. The molecule has 3 aromatic carbocycles. The highest BCUT2D eigenvalue weighted by Gasteiger charge is 2.51. The molecule has 0 radical (unpaired) electrons. The molecule has 0 bridgehead atoms. The van der Waals surface area contributed by atoms with Crippen molar-refractivity contribution < 1.29 is 17.9 Å². The molecule has 0 spiro atoms. The van der Waals surface area contributed by atoms with E-state index in [0.29, 0.717) is 25.2 Å². The Morgan fingerprint density at radius 3 is 2.21 bits per heavy atom. The molecule has 198 valence electrons. The minimum absolute atomic E-state index is 0.00428. The minimum atomic E-state index is -2.73. The average molecular weight is 534 g/mol. The molecule has 2 heterocycles. The fourth-order valence-electron chi connectivity index (χ4n) is 5.79. The van der Waals surface area contributed by atoms with Crippen molar-refractivity contribution in [2.45, 2.75) is 44.4 Å². The van der Waals surface area contributed by atoms with Gasteiger partial charge in [-0.2, -0.15) is 5.10 Å². The van der Waals surface area contributed by atoms with Crippen molar-refractivity contribution in [3.8, 4) is 0 Å². The Bertz CT molecular complexity index is 1310. The van der Waals surface area contributed by atoms with E-state index in [-0.39, 0.29) is 17.5 Å². The molecule has 4 aromatic rings. The van der Waals surface area contributed by atoms with Crippen LogP contribution < -0.4 is 10.4 Å². The van der Waals surface area contributed by atoms with Crippen molar-refractivity contribution in [2.75, 3.05) is 13.2 Å². The first-order valence-corrected chi connectivity index (χ1v) is 14.8. The van der Waals surface area contributed by atoms with E-state index in [9.17, 15) is 4.39 Å². The molecule has 8 heteroatoms.